The maximum absolute atomic E-state index is 5.06. The van der Waals surface area contributed by atoms with E-state index in [1.165, 1.54) is 24.0 Å². The number of aryl methyl sites for hydroxylation is 1. The Hall–Kier alpha value is -1.61. The first kappa shape index (κ1) is 11.5. The Morgan fingerprint density at radius 3 is 2.67 bits per heavy atom. The first-order chi connectivity index (χ1) is 8.81. The van der Waals surface area contributed by atoms with Gasteiger partial charge in [-0.3, -0.25) is 0 Å². The largest absolute Gasteiger partial charge is 0.360 e. The summed E-state index contributed by atoms with van der Waals surface area (Å²) in [4.78, 5) is 0. The van der Waals surface area contributed by atoms with E-state index in [9.17, 15) is 0 Å². The molecule has 1 aromatic heterocycles. The Morgan fingerprint density at radius 1 is 1.22 bits per heavy atom. The SMILES string of the molecule is Cc1ccc(C2CC(NCc3ccno3)C2)cc1. The van der Waals surface area contributed by atoms with Crippen molar-refractivity contribution in [1.29, 1.82) is 0 Å². The lowest BCUT2D eigenvalue weighted by molar-refractivity contribution is 0.274. The van der Waals surface area contributed by atoms with Crippen molar-refractivity contribution in [3.05, 3.63) is 53.4 Å². The monoisotopic (exact) mass is 242 g/mol. The number of hydrogen-bond acceptors (Lipinski definition) is 3. The van der Waals surface area contributed by atoms with Gasteiger partial charge in [-0.05, 0) is 31.2 Å². The molecule has 1 N–H and O–H groups in total. The maximum atomic E-state index is 5.06. The van der Waals surface area contributed by atoms with Gasteiger partial charge in [0.1, 0.15) is 5.76 Å². The Balaban J connectivity index is 1.47. The van der Waals surface area contributed by atoms with E-state index >= 15 is 0 Å². The molecule has 0 unspecified atom stereocenters. The number of aromatic nitrogens is 1. The van der Waals surface area contributed by atoms with E-state index in [0.29, 0.717) is 6.04 Å². The molecule has 0 bridgehead atoms. The lowest BCUT2D eigenvalue weighted by Gasteiger charge is -2.36. The van der Waals surface area contributed by atoms with Gasteiger partial charge in [-0.2, -0.15) is 0 Å². The van der Waals surface area contributed by atoms with Crippen LogP contribution in [-0.4, -0.2) is 11.2 Å². The van der Waals surface area contributed by atoms with Crippen molar-refractivity contribution in [1.82, 2.24) is 10.5 Å². The van der Waals surface area contributed by atoms with Crippen molar-refractivity contribution in [3.63, 3.8) is 0 Å². The molecule has 1 heterocycles. The normalized spacial score (nSPS) is 22.7. The third-order valence-electron chi connectivity index (χ3n) is 3.74. The molecule has 1 aliphatic rings. The van der Waals surface area contributed by atoms with Crippen molar-refractivity contribution in [2.75, 3.05) is 0 Å². The third-order valence-corrected chi connectivity index (χ3v) is 3.74. The van der Waals surface area contributed by atoms with Gasteiger partial charge in [0.15, 0.2) is 0 Å². The van der Waals surface area contributed by atoms with E-state index in [0.717, 1.165) is 18.2 Å². The van der Waals surface area contributed by atoms with Crippen molar-refractivity contribution in [2.24, 2.45) is 0 Å². The van der Waals surface area contributed by atoms with Crippen molar-refractivity contribution >= 4 is 0 Å². The molecule has 0 saturated heterocycles. The second-order valence-corrected chi connectivity index (χ2v) is 5.14. The molecular weight excluding hydrogens is 224 g/mol. The minimum absolute atomic E-state index is 0.612. The summed E-state index contributed by atoms with van der Waals surface area (Å²) < 4.78 is 5.06. The zero-order chi connectivity index (χ0) is 12.4. The van der Waals surface area contributed by atoms with Gasteiger partial charge in [-0.15, -0.1) is 0 Å². The molecule has 3 heteroatoms. The first-order valence-corrected chi connectivity index (χ1v) is 6.51. The minimum atomic E-state index is 0.612. The highest BCUT2D eigenvalue weighted by molar-refractivity contribution is 5.26. The van der Waals surface area contributed by atoms with E-state index in [-0.39, 0.29) is 0 Å². The van der Waals surface area contributed by atoms with E-state index in [4.69, 9.17) is 4.52 Å². The van der Waals surface area contributed by atoms with E-state index in [1.807, 2.05) is 6.07 Å². The highest BCUT2D eigenvalue weighted by atomic mass is 16.5. The molecule has 3 nitrogen and oxygen atoms in total. The Bertz CT molecular complexity index is 484. The average Bonchev–Trinajstić information content (AvgIpc) is 2.82. The fraction of sp³-hybridized carbons (Fsp3) is 0.400. The van der Waals surface area contributed by atoms with Crippen LogP contribution in [0.25, 0.3) is 0 Å². The van der Waals surface area contributed by atoms with Gasteiger partial charge >= 0.3 is 0 Å². The Kier molecular flexibility index (Phi) is 3.15. The molecule has 0 aliphatic heterocycles. The number of nitrogens with zero attached hydrogens (tertiary/aromatic N) is 1. The highest BCUT2D eigenvalue weighted by Crippen LogP contribution is 2.36. The third kappa shape index (κ3) is 2.46. The van der Waals surface area contributed by atoms with Gasteiger partial charge in [-0.25, -0.2) is 0 Å². The number of hydrogen-bond donors (Lipinski definition) is 1. The molecule has 0 spiro atoms. The van der Waals surface area contributed by atoms with Crippen LogP contribution in [0.1, 0.15) is 35.6 Å². The minimum Gasteiger partial charge on any atom is -0.360 e. The first-order valence-electron chi connectivity index (χ1n) is 6.51. The predicted molar refractivity (Wildman–Crippen MR) is 70.3 cm³/mol. The van der Waals surface area contributed by atoms with Gasteiger partial charge in [0.05, 0.1) is 12.7 Å². The summed E-state index contributed by atoms with van der Waals surface area (Å²) >= 11 is 0. The van der Waals surface area contributed by atoms with Gasteiger partial charge in [0.2, 0.25) is 0 Å². The van der Waals surface area contributed by atoms with Gasteiger partial charge in [0, 0.05) is 12.1 Å². The van der Waals surface area contributed by atoms with Crippen LogP contribution >= 0.6 is 0 Å². The summed E-state index contributed by atoms with van der Waals surface area (Å²) in [6.45, 7) is 2.91. The smallest absolute Gasteiger partial charge is 0.150 e. The van der Waals surface area contributed by atoms with Crippen LogP contribution in [0.4, 0.5) is 0 Å². The van der Waals surface area contributed by atoms with Crippen LogP contribution in [0.2, 0.25) is 0 Å². The standard InChI is InChI=1S/C15H18N2O/c1-11-2-4-12(5-3-11)13-8-14(9-13)16-10-15-6-7-17-18-15/h2-7,13-14,16H,8-10H2,1H3. The van der Waals surface area contributed by atoms with Crippen LogP contribution in [-0.2, 0) is 6.54 Å². The summed E-state index contributed by atoms with van der Waals surface area (Å²) in [5, 5.41) is 7.20. The predicted octanol–water partition coefficient (Wildman–Crippen LogP) is 3.02. The summed E-state index contributed by atoms with van der Waals surface area (Å²) in [6, 6.07) is 11.4. The fourth-order valence-corrected chi connectivity index (χ4v) is 2.47. The zero-order valence-electron chi connectivity index (χ0n) is 10.6. The van der Waals surface area contributed by atoms with Crippen molar-refractivity contribution in [3.8, 4) is 0 Å². The molecule has 18 heavy (non-hydrogen) atoms. The second-order valence-electron chi connectivity index (χ2n) is 5.14. The molecule has 0 atom stereocenters. The van der Waals surface area contributed by atoms with Crippen molar-refractivity contribution < 1.29 is 4.52 Å². The van der Waals surface area contributed by atoms with Crippen LogP contribution in [0.3, 0.4) is 0 Å². The molecular formula is C15H18N2O. The van der Waals surface area contributed by atoms with E-state index < -0.39 is 0 Å². The Labute approximate surface area is 107 Å². The fourth-order valence-electron chi connectivity index (χ4n) is 2.47. The Morgan fingerprint density at radius 2 is 2.00 bits per heavy atom. The van der Waals surface area contributed by atoms with Crippen LogP contribution in [0.5, 0.6) is 0 Å². The van der Waals surface area contributed by atoms with Crippen LogP contribution < -0.4 is 5.32 Å². The molecule has 0 amide bonds. The molecule has 1 fully saturated rings. The van der Waals surface area contributed by atoms with Crippen molar-refractivity contribution in [2.45, 2.75) is 38.3 Å². The summed E-state index contributed by atoms with van der Waals surface area (Å²) in [7, 11) is 0. The lowest BCUT2D eigenvalue weighted by Crippen LogP contribution is -2.39. The second kappa shape index (κ2) is 4.94. The average molecular weight is 242 g/mol. The van der Waals surface area contributed by atoms with Crippen LogP contribution in [0.15, 0.2) is 41.1 Å². The van der Waals surface area contributed by atoms with Gasteiger partial charge in [0.25, 0.3) is 0 Å². The molecule has 3 rings (SSSR count). The summed E-state index contributed by atoms with van der Waals surface area (Å²) in [5.41, 5.74) is 2.80. The topological polar surface area (TPSA) is 38.1 Å². The lowest BCUT2D eigenvalue weighted by atomic mass is 9.76. The molecule has 2 aromatic rings. The van der Waals surface area contributed by atoms with E-state index in [1.54, 1.807) is 6.20 Å². The van der Waals surface area contributed by atoms with Crippen LogP contribution in [0, 0.1) is 6.92 Å². The zero-order valence-corrected chi connectivity index (χ0v) is 10.6. The quantitative estimate of drug-likeness (QED) is 0.895. The molecule has 1 saturated carbocycles. The molecule has 94 valence electrons. The number of nitrogens with one attached hydrogen (secondary N) is 1. The van der Waals surface area contributed by atoms with Gasteiger partial charge < -0.3 is 9.84 Å². The highest BCUT2D eigenvalue weighted by Gasteiger charge is 2.29. The van der Waals surface area contributed by atoms with Gasteiger partial charge in [-0.1, -0.05) is 35.0 Å². The maximum Gasteiger partial charge on any atom is 0.150 e. The summed E-state index contributed by atoms with van der Waals surface area (Å²) in [5.74, 6) is 1.63. The molecule has 0 radical (unpaired) electrons. The number of benzene rings is 1. The molecule has 1 aromatic carbocycles. The van der Waals surface area contributed by atoms with E-state index in [2.05, 4.69) is 41.7 Å². The summed E-state index contributed by atoms with van der Waals surface area (Å²) in [6.07, 6.45) is 4.13. The molecule has 1 aliphatic carbocycles. The number of rotatable bonds is 4.